The first-order chi connectivity index (χ1) is 8.51. The molecule has 0 saturated heterocycles. The molecule has 2 rings (SSSR count). The Hall–Kier alpha value is -0.500. The summed E-state index contributed by atoms with van der Waals surface area (Å²) in [6.07, 6.45) is 6.72. The molecule has 1 aromatic heterocycles. The molecule has 1 aromatic rings. The normalized spacial score (nSPS) is 18.6. The van der Waals surface area contributed by atoms with Gasteiger partial charge in [0.2, 0.25) is 10.0 Å². The van der Waals surface area contributed by atoms with Gasteiger partial charge in [-0.05, 0) is 25.2 Å². The topological polar surface area (TPSA) is 82.2 Å². The van der Waals surface area contributed by atoms with Crippen molar-refractivity contribution in [3.63, 3.8) is 0 Å². The van der Waals surface area contributed by atoms with Crippen molar-refractivity contribution in [2.75, 3.05) is 12.8 Å². The van der Waals surface area contributed by atoms with Gasteiger partial charge in [-0.25, -0.2) is 13.1 Å². The second-order valence-electron chi connectivity index (χ2n) is 4.58. The van der Waals surface area contributed by atoms with Gasteiger partial charge in [0.1, 0.15) is 0 Å². The number of sulfonamides is 1. The van der Waals surface area contributed by atoms with Crippen molar-refractivity contribution in [3.05, 3.63) is 18.0 Å². The zero-order chi connectivity index (χ0) is 13.2. The Kier molecular flexibility index (Phi) is 4.05. The van der Waals surface area contributed by atoms with Crippen LogP contribution in [-0.2, 0) is 16.6 Å². The molecule has 0 amide bonds. The van der Waals surface area contributed by atoms with Gasteiger partial charge in [0.15, 0.2) is 0 Å². The third-order valence-corrected chi connectivity index (χ3v) is 6.28. The van der Waals surface area contributed by atoms with Crippen molar-refractivity contribution in [2.24, 2.45) is 0 Å². The Morgan fingerprint density at radius 2 is 2.28 bits per heavy atom. The SMILES string of the molecule is CSC1(CNS(=O)(=O)c2c[nH]c(CO)c2)CCC1. The van der Waals surface area contributed by atoms with Crippen LogP contribution in [0.1, 0.15) is 25.0 Å². The monoisotopic (exact) mass is 290 g/mol. The van der Waals surface area contributed by atoms with Gasteiger partial charge >= 0.3 is 0 Å². The number of hydrogen-bond acceptors (Lipinski definition) is 4. The molecule has 7 heteroatoms. The number of aliphatic hydroxyl groups excluding tert-OH is 1. The van der Waals surface area contributed by atoms with Crippen molar-refractivity contribution >= 4 is 21.8 Å². The smallest absolute Gasteiger partial charge is 0.242 e. The molecule has 5 nitrogen and oxygen atoms in total. The van der Waals surface area contributed by atoms with Crippen LogP contribution in [0, 0.1) is 0 Å². The zero-order valence-electron chi connectivity index (χ0n) is 10.3. The lowest BCUT2D eigenvalue weighted by Crippen LogP contribution is -2.45. The average Bonchev–Trinajstić information content (AvgIpc) is 2.77. The Bertz CT molecular complexity index is 501. The summed E-state index contributed by atoms with van der Waals surface area (Å²) in [6.45, 7) is 0.278. The molecule has 0 spiro atoms. The minimum absolute atomic E-state index is 0.0726. The number of nitrogens with one attached hydrogen (secondary N) is 2. The summed E-state index contributed by atoms with van der Waals surface area (Å²) in [5.41, 5.74) is 0.499. The fraction of sp³-hybridized carbons (Fsp3) is 0.636. The fourth-order valence-electron chi connectivity index (χ4n) is 2.00. The molecule has 1 aliphatic rings. The van der Waals surface area contributed by atoms with Crippen molar-refractivity contribution in [2.45, 2.75) is 35.5 Å². The quantitative estimate of drug-likeness (QED) is 0.732. The van der Waals surface area contributed by atoms with E-state index in [2.05, 4.69) is 9.71 Å². The number of aromatic nitrogens is 1. The first-order valence-electron chi connectivity index (χ1n) is 5.84. The molecular formula is C11H18N2O3S2. The van der Waals surface area contributed by atoms with E-state index in [9.17, 15) is 8.42 Å². The predicted molar refractivity (Wildman–Crippen MR) is 72.0 cm³/mol. The van der Waals surface area contributed by atoms with Gasteiger partial charge in [-0.2, -0.15) is 11.8 Å². The van der Waals surface area contributed by atoms with Crippen LogP contribution in [0.15, 0.2) is 17.2 Å². The highest BCUT2D eigenvalue weighted by molar-refractivity contribution is 8.00. The maximum absolute atomic E-state index is 12.0. The number of aromatic amines is 1. The van der Waals surface area contributed by atoms with Crippen LogP contribution in [0.3, 0.4) is 0 Å². The van der Waals surface area contributed by atoms with Crippen molar-refractivity contribution in [1.82, 2.24) is 9.71 Å². The first-order valence-corrected chi connectivity index (χ1v) is 8.55. The molecule has 0 aromatic carbocycles. The van der Waals surface area contributed by atoms with Crippen LogP contribution in [0.25, 0.3) is 0 Å². The summed E-state index contributed by atoms with van der Waals surface area (Å²) < 4.78 is 26.8. The number of hydrogen-bond donors (Lipinski definition) is 3. The Morgan fingerprint density at radius 3 is 2.72 bits per heavy atom. The summed E-state index contributed by atoms with van der Waals surface area (Å²) in [5, 5.41) is 8.91. The zero-order valence-corrected chi connectivity index (χ0v) is 11.9. The predicted octanol–water partition coefficient (Wildman–Crippen LogP) is 1.07. The van der Waals surface area contributed by atoms with E-state index in [0.717, 1.165) is 12.8 Å². The van der Waals surface area contributed by atoms with Crippen LogP contribution >= 0.6 is 11.8 Å². The van der Waals surface area contributed by atoms with Crippen LogP contribution < -0.4 is 4.72 Å². The van der Waals surface area contributed by atoms with E-state index in [0.29, 0.717) is 12.2 Å². The lowest BCUT2D eigenvalue weighted by Gasteiger charge is -2.40. The molecule has 18 heavy (non-hydrogen) atoms. The summed E-state index contributed by atoms with van der Waals surface area (Å²) in [5.74, 6) is 0. The molecule has 3 N–H and O–H groups in total. The molecule has 0 aliphatic heterocycles. The van der Waals surface area contributed by atoms with Crippen molar-refractivity contribution in [3.8, 4) is 0 Å². The highest BCUT2D eigenvalue weighted by Crippen LogP contribution is 2.42. The Morgan fingerprint density at radius 1 is 1.56 bits per heavy atom. The van der Waals surface area contributed by atoms with Gasteiger partial charge in [-0.1, -0.05) is 6.42 Å². The van der Waals surface area contributed by atoms with Gasteiger partial charge in [-0.3, -0.25) is 0 Å². The van der Waals surface area contributed by atoms with E-state index in [-0.39, 0.29) is 16.2 Å². The highest BCUT2D eigenvalue weighted by Gasteiger charge is 2.37. The summed E-state index contributed by atoms with van der Waals surface area (Å²) in [6, 6.07) is 1.45. The molecule has 1 fully saturated rings. The van der Waals surface area contributed by atoms with E-state index in [1.54, 1.807) is 11.8 Å². The van der Waals surface area contributed by atoms with Gasteiger partial charge in [-0.15, -0.1) is 0 Å². The fourth-order valence-corrected chi connectivity index (χ4v) is 4.15. The van der Waals surface area contributed by atoms with E-state index >= 15 is 0 Å². The van der Waals surface area contributed by atoms with Crippen molar-refractivity contribution in [1.29, 1.82) is 0 Å². The van der Waals surface area contributed by atoms with Crippen LogP contribution in [0.4, 0.5) is 0 Å². The molecule has 1 heterocycles. The van der Waals surface area contributed by atoms with Crippen LogP contribution in [0.2, 0.25) is 0 Å². The molecular weight excluding hydrogens is 272 g/mol. The molecule has 0 atom stereocenters. The van der Waals surface area contributed by atoms with E-state index in [4.69, 9.17) is 5.11 Å². The third-order valence-electron chi connectivity index (χ3n) is 3.48. The van der Waals surface area contributed by atoms with Gasteiger partial charge < -0.3 is 10.1 Å². The number of H-pyrrole nitrogens is 1. The summed E-state index contributed by atoms with van der Waals surface area (Å²) >= 11 is 1.73. The second kappa shape index (κ2) is 5.24. The van der Waals surface area contributed by atoms with E-state index < -0.39 is 10.0 Å². The maximum Gasteiger partial charge on any atom is 0.242 e. The lowest BCUT2D eigenvalue weighted by atomic mass is 9.84. The molecule has 102 valence electrons. The van der Waals surface area contributed by atoms with E-state index in [1.807, 2.05) is 6.26 Å². The average molecular weight is 290 g/mol. The number of thioether (sulfide) groups is 1. The van der Waals surface area contributed by atoms with Crippen LogP contribution in [0.5, 0.6) is 0 Å². The third kappa shape index (κ3) is 2.74. The summed E-state index contributed by atoms with van der Waals surface area (Å²) in [7, 11) is -3.47. The van der Waals surface area contributed by atoms with Crippen LogP contribution in [-0.4, -0.2) is 36.1 Å². The number of aliphatic hydroxyl groups is 1. The van der Waals surface area contributed by atoms with Crippen molar-refractivity contribution < 1.29 is 13.5 Å². The molecule has 0 radical (unpaired) electrons. The minimum atomic E-state index is -3.47. The second-order valence-corrected chi connectivity index (χ2v) is 7.63. The lowest BCUT2D eigenvalue weighted by molar-refractivity contribution is 0.277. The minimum Gasteiger partial charge on any atom is -0.390 e. The van der Waals surface area contributed by atoms with Gasteiger partial charge in [0.25, 0.3) is 0 Å². The highest BCUT2D eigenvalue weighted by atomic mass is 32.2. The van der Waals surface area contributed by atoms with Gasteiger partial charge in [0, 0.05) is 23.2 Å². The largest absolute Gasteiger partial charge is 0.390 e. The first kappa shape index (κ1) is 13.9. The molecule has 1 aliphatic carbocycles. The van der Waals surface area contributed by atoms with E-state index in [1.165, 1.54) is 18.7 Å². The van der Waals surface area contributed by atoms with Gasteiger partial charge in [0.05, 0.1) is 11.5 Å². The Labute approximate surface area is 111 Å². The molecule has 0 bridgehead atoms. The number of rotatable bonds is 6. The Balaban J connectivity index is 2.03. The molecule has 0 unspecified atom stereocenters. The molecule has 1 saturated carbocycles. The standard InChI is InChI=1S/C11H18N2O3S2/c1-17-11(3-2-4-11)8-13-18(15,16)10-5-9(7-14)12-6-10/h5-6,12-14H,2-4,7-8H2,1H3. The summed E-state index contributed by atoms with van der Waals surface area (Å²) in [4.78, 5) is 2.91. The maximum atomic E-state index is 12.0.